The number of nitrogens with zero attached hydrogens (tertiary/aromatic N) is 3. The zero-order chi connectivity index (χ0) is 48.1. The summed E-state index contributed by atoms with van der Waals surface area (Å²) in [5.41, 5.74) is -2.27. The van der Waals surface area contributed by atoms with E-state index in [4.69, 9.17) is 18.5 Å². The average Bonchev–Trinajstić information content (AvgIpc) is 3.97. The van der Waals surface area contributed by atoms with E-state index in [2.05, 4.69) is 32.2 Å². The molecule has 11 atom stereocenters. The van der Waals surface area contributed by atoms with Crippen molar-refractivity contribution in [2.75, 3.05) is 72.1 Å². The van der Waals surface area contributed by atoms with Crippen molar-refractivity contribution < 1.29 is 48.0 Å². The standard InChI is InChI=1S/C51H72N5O10P/c1-10-47(60)27-32-28-50(46(59)64-9,40-34(19-23-55(29-32)30-47)33-17-14-15-18-37(33)52-40)36-25-35-38(26-39(36)63-8)54(7)43-49(35)21-24-56-22-16-20-48(11-2,42(49)56)44(57)51(43,61)45(58)53-41(31(5)6)67(62,65-12-3)66-13-4/h14-18,20,25-26,31-32,41-44,52,57,60-61H,10-13,19,21-24,27-30H2,1-9H3,(H,53,58)/t32-,41+,42?,43+,44+,47-,48+,49?,50-,51-/m0/s1. The Morgan fingerprint density at radius 2 is 1.72 bits per heavy atom. The Balaban J connectivity index is 1.31. The molecule has 3 unspecified atom stereocenters. The average molecular weight is 946 g/mol. The van der Waals surface area contributed by atoms with Crippen LogP contribution in [0.25, 0.3) is 10.9 Å². The molecule has 2 aromatic carbocycles. The monoisotopic (exact) mass is 946 g/mol. The first-order valence-corrected chi connectivity index (χ1v) is 26.2. The van der Waals surface area contributed by atoms with Crippen LogP contribution in [-0.2, 0) is 45.2 Å². The minimum atomic E-state index is -3.97. The van der Waals surface area contributed by atoms with Crippen LogP contribution in [0.1, 0.15) is 96.0 Å². The summed E-state index contributed by atoms with van der Waals surface area (Å²) < 4.78 is 38.5. The fraction of sp³-hybridized carbons (Fsp3) is 0.647. The summed E-state index contributed by atoms with van der Waals surface area (Å²) in [7, 11) is 0.898. The molecule has 1 aliphatic carbocycles. The number of fused-ring (bicyclic) bond motifs is 6. The van der Waals surface area contributed by atoms with Gasteiger partial charge in [-0.2, -0.15) is 0 Å². The van der Waals surface area contributed by atoms with Crippen molar-refractivity contribution in [1.29, 1.82) is 0 Å². The predicted octanol–water partition coefficient (Wildman–Crippen LogP) is 5.61. The molecule has 1 saturated carbocycles. The number of esters is 1. The Hall–Kier alpha value is -3.79. The van der Waals surface area contributed by atoms with Crippen LogP contribution in [0.3, 0.4) is 0 Å². The Bertz CT molecular complexity index is 2490. The number of likely N-dealkylation sites (N-methyl/N-ethyl adjacent to an activating group) is 1. The highest BCUT2D eigenvalue weighted by Gasteiger charge is 2.79. The molecule has 16 heteroatoms. The number of carbonyl (C=O) groups excluding carboxylic acids is 2. The third-order valence-corrected chi connectivity index (χ3v) is 19.7. The van der Waals surface area contributed by atoms with Gasteiger partial charge in [0.25, 0.3) is 5.91 Å². The minimum absolute atomic E-state index is 0.0734. The molecule has 1 amide bonds. The number of piperidine rings is 1. The summed E-state index contributed by atoms with van der Waals surface area (Å²) in [5.74, 6) is -2.61. The van der Waals surface area contributed by atoms with Crippen LogP contribution < -0.4 is 15.0 Å². The van der Waals surface area contributed by atoms with E-state index < -0.39 is 70.8 Å². The Morgan fingerprint density at radius 1 is 0.985 bits per heavy atom. The van der Waals surface area contributed by atoms with Gasteiger partial charge in [-0.15, -0.1) is 0 Å². The van der Waals surface area contributed by atoms with Crippen LogP contribution in [0, 0.1) is 17.3 Å². The number of H-pyrrole nitrogens is 1. The maximum absolute atomic E-state index is 15.5. The van der Waals surface area contributed by atoms with Crippen molar-refractivity contribution in [1.82, 2.24) is 20.1 Å². The Kier molecular flexibility index (Phi) is 12.4. The molecule has 1 spiro atoms. The normalized spacial score (nSPS) is 34.9. The molecule has 2 saturated heterocycles. The van der Waals surface area contributed by atoms with E-state index in [9.17, 15) is 19.9 Å². The van der Waals surface area contributed by atoms with Crippen molar-refractivity contribution in [3.63, 3.8) is 0 Å². The topological polar surface area (TPSA) is 186 Å². The fourth-order valence-electron chi connectivity index (χ4n) is 14.4. The van der Waals surface area contributed by atoms with Gasteiger partial charge in [0.1, 0.15) is 23.1 Å². The number of aromatic amines is 1. The number of aromatic nitrogens is 1. The third kappa shape index (κ3) is 6.79. The van der Waals surface area contributed by atoms with Crippen molar-refractivity contribution in [3.05, 3.63) is 70.9 Å². The van der Waals surface area contributed by atoms with Gasteiger partial charge in [-0.25, -0.2) is 0 Å². The number of carbonyl (C=O) groups is 2. The second-order valence-electron chi connectivity index (χ2n) is 20.7. The van der Waals surface area contributed by atoms with E-state index in [0.717, 1.165) is 27.7 Å². The highest BCUT2D eigenvalue weighted by atomic mass is 31.2. The van der Waals surface area contributed by atoms with Gasteiger partial charge in [0, 0.05) is 84.0 Å². The summed E-state index contributed by atoms with van der Waals surface area (Å²) in [6.45, 7) is 14.4. The second-order valence-corrected chi connectivity index (χ2v) is 22.8. The molecule has 6 aliphatic rings. The highest BCUT2D eigenvalue weighted by molar-refractivity contribution is 7.54. The van der Waals surface area contributed by atoms with Crippen molar-refractivity contribution in [2.45, 2.75) is 126 Å². The molecule has 67 heavy (non-hydrogen) atoms. The lowest BCUT2D eigenvalue weighted by atomic mass is 9.47. The first-order chi connectivity index (χ1) is 31.9. The van der Waals surface area contributed by atoms with Crippen LogP contribution in [0.2, 0.25) is 0 Å². The van der Waals surface area contributed by atoms with Gasteiger partial charge in [-0.05, 0) is 94.0 Å². The van der Waals surface area contributed by atoms with Crippen LogP contribution >= 0.6 is 7.60 Å². The van der Waals surface area contributed by atoms with Crippen molar-refractivity contribution in [2.24, 2.45) is 17.3 Å². The number of aliphatic hydroxyl groups excluding tert-OH is 1. The summed E-state index contributed by atoms with van der Waals surface area (Å²) in [6.07, 6.45) is 5.32. The molecule has 1 aromatic heterocycles. The molecule has 3 aromatic rings. The lowest BCUT2D eigenvalue weighted by molar-refractivity contribution is -0.203. The van der Waals surface area contributed by atoms with Crippen LogP contribution in [-0.4, -0.2) is 144 Å². The maximum Gasteiger partial charge on any atom is 0.352 e. The zero-order valence-electron chi connectivity index (χ0n) is 40.8. The van der Waals surface area contributed by atoms with Gasteiger partial charge in [0.2, 0.25) is 0 Å². The molecule has 5 N–H and O–H groups in total. The van der Waals surface area contributed by atoms with E-state index in [0.29, 0.717) is 88.2 Å². The van der Waals surface area contributed by atoms with E-state index in [1.54, 1.807) is 21.0 Å². The second kappa shape index (κ2) is 17.3. The smallest absolute Gasteiger partial charge is 0.352 e. The SMILES string of the molecule is CCOP(=O)(OCC)[C@@H](NC(=O)[C@]1(O)[C@@H]2N(C)c3cc(OC)c([C@@]4(C(=O)OC)C[C@H]5CN(CCc6c4[nH]c4ccccc64)C[C@](O)(CC)C5)cc3C23CCN2CC=C[C@](CC)(C23)[C@H]1O)C(C)C. The largest absolute Gasteiger partial charge is 0.496 e. The molecule has 366 valence electrons. The number of methoxy groups -OCH3 is 2. The first kappa shape index (κ1) is 48.2. The third-order valence-electron chi connectivity index (χ3n) is 17.1. The molecular formula is C51H72N5O10P. The van der Waals surface area contributed by atoms with Gasteiger partial charge in [-0.3, -0.25) is 24.0 Å². The molecule has 2 bridgehead atoms. The predicted molar refractivity (Wildman–Crippen MR) is 256 cm³/mol. The lowest BCUT2D eigenvalue weighted by Gasteiger charge is -2.63. The lowest BCUT2D eigenvalue weighted by Crippen LogP contribution is -2.82. The number of benzene rings is 2. The first-order valence-electron chi connectivity index (χ1n) is 24.5. The highest BCUT2D eigenvalue weighted by Crippen LogP contribution is 2.68. The Labute approximate surface area is 395 Å². The van der Waals surface area contributed by atoms with E-state index in [1.807, 2.05) is 76.1 Å². The molecule has 9 rings (SSSR count). The number of amides is 1. The molecule has 3 fully saturated rings. The molecule has 0 radical (unpaired) electrons. The molecular weight excluding hydrogens is 874 g/mol. The van der Waals surface area contributed by atoms with Crippen LogP contribution in [0.15, 0.2) is 48.6 Å². The summed E-state index contributed by atoms with van der Waals surface area (Å²) in [6, 6.07) is 10.7. The zero-order valence-corrected chi connectivity index (χ0v) is 41.7. The molecule has 15 nitrogen and oxygen atoms in total. The van der Waals surface area contributed by atoms with E-state index in [1.165, 1.54) is 7.11 Å². The number of rotatable bonds is 13. The molecule has 6 heterocycles. The Morgan fingerprint density at radius 3 is 2.37 bits per heavy atom. The summed E-state index contributed by atoms with van der Waals surface area (Å²) in [5, 5.41) is 42.9. The van der Waals surface area contributed by atoms with Gasteiger partial charge in [-0.1, -0.05) is 58.0 Å². The number of anilines is 1. The van der Waals surface area contributed by atoms with E-state index >= 15 is 9.59 Å². The number of hydrogen-bond donors (Lipinski definition) is 5. The van der Waals surface area contributed by atoms with Crippen molar-refractivity contribution in [3.8, 4) is 5.75 Å². The van der Waals surface area contributed by atoms with Crippen LogP contribution in [0.5, 0.6) is 5.75 Å². The van der Waals surface area contributed by atoms with Gasteiger partial charge in [0.05, 0.1) is 39.1 Å². The van der Waals surface area contributed by atoms with E-state index in [-0.39, 0.29) is 25.2 Å². The number of nitrogens with one attached hydrogen (secondary N) is 2. The van der Waals surface area contributed by atoms with Gasteiger partial charge < -0.3 is 49.0 Å². The van der Waals surface area contributed by atoms with Crippen molar-refractivity contribution >= 4 is 36.1 Å². The fourth-order valence-corrected chi connectivity index (χ4v) is 16.6. The number of hydrogen-bond acceptors (Lipinski definition) is 13. The summed E-state index contributed by atoms with van der Waals surface area (Å²) >= 11 is 0. The minimum Gasteiger partial charge on any atom is -0.496 e. The van der Waals surface area contributed by atoms with Gasteiger partial charge >= 0.3 is 13.6 Å². The number of para-hydroxylation sites is 1. The number of aliphatic hydroxyl groups is 3. The number of ether oxygens (including phenoxy) is 2. The summed E-state index contributed by atoms with van der Waals surface area (Å²) in [4.78, 5) is 41.4. The quantitative estimate of drug-likeness (QED) is 0.0810. The van der Waals surface area contributed by atoms with Gasteiger partial charge in [0.15, 0.2) is 5.60 Å². The van der Waals surface area contributed by atoms with Crippen LogP contribution in [0.4, 0.5) is 5.69 Å². The maximum atomic E-state index is 15.5. The molecule has 5 aliphatic heterocycles.